The van der Waals surface area contributed by atoms with Crippen molar-refractivity contribution >= 4 is 5.91 Å². The van der Waals surface area contributed by atoms with Crippen LogP contribution in [0.15, 0.2) is 0 Å². The van der Waals surface area contributed by atoms with Gasteiger partial charge in [-0.1, -0.05) is 0 Å². The fourth-order valence-corrected chi connectivity index (χ4v) is 3.65. The molecule has 0 aromatic heterocycles. The Balaban J connectivity index is 1.48. The van der Waals surface area contributed by atoms with E-state index < -0.39 is 0 Å². The fourth-order valence-electron chi connectivity index (χ4n) is 3.65. The molecular formula is C14H25N3O. The molecule has 0 aromatic carbocycles. The van der Waals surface area contributed by atoms with Gasteiger partial charge in [-0.15, -0.1) is 0 Å². The Bertz CT molecular complexity index is 317. The van der Waals surface area contributed by atoms with Gasteiger partial charge in [0.25, 0.3) is 0 Å². The number of carbonyl (C=O) groups is 1. The minimum Gasteiger partial charge on any atom is -0.353 e. The van der Waals surface area contributed by atoms with Crippen molar-refractivity contribution in [1.82, 2.24) is 15.5 Å². The van der Waals surface area contributed by atoms with Crippen molar-refractivity contribution in [3.8, 4) is 0 Å². The second kappa shape index (κ2) is 4.82. The van der Waals surface area contributed by atoms with Gasteiger partial charge in [0.05, 0.1) is 0 Å². The molecule has 102 valence electrons. The van der Waals surface area contributed by atoms with E-state index in [0.717, 1.165) is 45.4 Å². The van der Waals surface area contributed by atoms with Gasteiger partial charge in [-0.25, -0.2) is 0 Å². The van der Waals surface area contributed by atoms with Crippen LogP contribution in [0.25, 0.3) is 0 Å². The predicted molar refractivity (Wildman–Crippen MR) is 71.3 cm³/mol. The van der Waals surface area contributed by atoms with E-state index >= 15 is 0 Å². The third-order valence-electron chi connectivity index (χ3n) is 5.17. The molecule has 2 heterocycles. The van der Waals surface area contributed by atoms with E-state index in [2.05, 4.69) is 22.6 Å². The highest BCUT2D eigenvalue weighted by molar-refractivity contribution is 5.82. The highest BCUT2D eigenvalue weighted by atomic mass is 16.2. The molecule has 3 aliphatic rings. The zero-order valence-corrected chi connectivity index (χ0v) is 11.4. The molecule has 2 saturated heterocycles. The first-order valence-corrected chi connectivity index (χ1v) is 7.39. The van der Waals surface area contributed by atoms with Crippen molar-refractivity contribution in [1.29, 1.82) is 0 Å². The molecular weight excluding hydrogens is 226 g/mol. The highest BCUT2D eigenvalue weighted by Crippen LogP contribution is 2.58. The molecule has 1 saturated carbocycles. The number of amides is 1. The standard InChI is InChI=1S/C14H25N3O/c1-17-8-2-11(3-9-17)16-13(18)12-10-14(12)4-6-15-7-5-14/h11-12,15H,2-10H2,1H3,(H,16,18). The van der Waals surface area contributed by atoms with Crippen LogP contribution >= 0.6 is 0 Å². The highest BCUT2D eigenvalue weighted by Gasteiger charge is 2.57. The lowest BCUT2D eigenvalue weighted by Gasteiger charge is -2.30. The van der Waals surface area contributed by atoms with Crippen molar-refractivity contribution in [3.05, 3.63) is 0 Å². The van der Waals surface area contributed by atoms with E-state index in [1.54, 1.807) is 0 Å². The van der Waals surface area contributed by atoms with Gasteiger partial charge in [0.1, 0.15) is 0 Å². The molecule has 1 amide bonds. The van der Waals surface area contributed by atoms with E-state index in [1.165, 1.54) is 12.8 Å². The first-order valence-electron chi connectivity index (χ1n) is 7.39. The van der Waals surface area contributed by atoms with E-state index in [1.807, 2.05) is 0 Å². The molecule has 1 atom stereocenters. The summed E-state index contributed by atoms with van der Waals surface area (Å²) in [4.78, 5) is 14.6. The lowest BCUT2D eigenvalue weighted by molar-refractivity contribution is -0.124. The summed E-state index contributed by atoms with van der Waals surface area (Å²) in [7, 11) is 2.16. The Hall–Kier alpha value is -0.610. The van der Waals surface area contributed by atoms with Gasteiger partial charge >= 0.3 is 0 Å². The van der Waals surface area contributed by atoms with Crippen molar-refractivity contribution < 1.29 is 4.79 Å². The van der Waals surface area contributed by atoms with Crippen molar-refractivity contribution in [3.63, 3.8) is 0 Å². The molecule has 1 spiro atoms. The maximum atomic E-state index is 12.3. The van der Waals surface area contributed by atoms with Crippen LogP contribution in [0.3, 0.4) is 0 Å². The maximum absolute atomic E-state index is 12.3. The van der Waals surface area contributed by atoms with Crippen LogP contribution in [0.4, 0.5) is 0 Å². The molecule has 3 fully saturated rings. The van der Waals surface area contributed by atoms with Crippen LogP contribution in [0.5, 0.6) is 0 Å². The molecule has 0 aromatic rings. The Kier molecular flexibility index (Phi) is 3.32. The topological polar surface area (TPSA) is 44.4 Å². The third-order valence-corrected chi connectivity index (χ3v) is 5.17. The quantitative estimate of drug-likeness (QED) is 0.755. The van der Waals surface area contributed by atoms with E-state index in [0.29, 0.717) is 23.3 Å². The molecule has 1 unspecified atom stereocenters. The monoisotopic (exact) mass is 251 g/mol. The fraction of sp³-hybridized carbons (Fsp3) is 0.929. The number of hydrogen-bond acceptors (Lipinski definition) is 3. The Morgan fingerprint density at radius 2 is 1.94 bits per heavy atom. The SMILES string of the molecule is CN1CCC(NC(=O)C2CC23CCNCC3)CC1. The molecule has 0 bridgehead atoms. The van der Waals surface area contributed by atoms with Gasteiger partial charge < -0.3 is 15.5 Å². The van der Waals surface area contributed by atoms with Crippen LogP contribution in [-0.2, 0) is 4.79 Å². The van der Waals surface area contributed by atoms with Crippen LogP contribution in [0, 0.1) is 11.3 Å². The predicted octanol–water partition coefficient (Wildman–Crippen LogP) is 0.587. The number of hydrogen-bond donors (Lipinski definition) is 2. The summed E-state index contributed by atoms with van der Waals surface area (Å²) in [5.74, 6) is 0.658. The second-order valence-electron chi connectivity index (χ2n) is 6.46. The minimum atomic E-state index is 0.319. The normalized spacial score (nSPS) is 32.4. The lowest BCUT2D eigenvalue weighted by atomic mass is 9.91. The summed E-state index contributed by atoms with van der Waals surface area (Å²) >= 11 is 0. The van der Waals surface area contributed by atoms with Crippen LogP contribution in [-0.4, -0.2) is 50.1 Å². The number of nitrogens with zero attached hydrogens (tertiary/aromatic N) is 1. The molecule has 1 aliphatic carbocycles. The number of nitrogens with one attached hydrogen (secondary N) is 2. The molecule has 4 heteroatoms. The molecule has 18 heavy (non-hydrogen) atoms. The second-order valence-corrected chi connectivity index (χ2v) is 6.46. The summed E-state index contributed by atoms with van der Waals surface area (Å²) in [6.07, 6.45) is 5.75. The molecule has 2 N–H and O–H groups in total. The summed E-state index contributed by atoms with van der Waals surface area (Å²) in [5, 5.41) is 6.68. The molecule has 0 radical (unpaired) electrons. The zero-order chi connectivity index (χ0) is 12.6. The largest absolute Gasteiger partial charge is 0.353 e. The van der Waals surface area contributed by atoms with Crippen LogP contribution in [0.2, 0.25) is 0 Å². The first kappa shape index (κ1) is 12.4. The summed E-state index contributed by atoms with van der Waals surface area (Å²) < 4.78 is 0. The number of piperidine rings is 2. The summed E-state index contributed by atoms with van der Waals surface area (Å²) in [6, 6.07) is 0.424. The Morgan fingerprint density at radius 3 is 2.61 bits per heavy atom. The molecule has 2 aliphatic heterocycles. The number of likely N-dealkylation sites (tertiary alicyclic amines) is 1. The van der Waals surface area contributed by atoms with Crippen LogP contribution < -0.4 is 10.6 Å². The maximum Gasteiger partial charge on any atom is 0.223 e. The van der Waals surface area contributed by atoms with Crippen molar-refractivity contribution in [2.75, 3.05) is 33.2 Å². The minimum absolute atomic E-state index is 0.319. The average molecular weight is 251 g/mol. The van der Waals surface area contributed by atoms with Gasteiger partial charge in [-0.3, -0.25) is 4.79 Å². The summed E-state index contributed by atoms with van der Waals surface area (Å²) in [5.41, 5.74) is 0.376. The van der Waals surface area contributed by atoms with E-state index in [-0.39, 0.29) is 0 Å². The smallest absolute Gasteiger partial charge is 0.223 e. The zero-order valence-electron chi connectivity index (χ0n) is 11.4. The molecule has 4 nitrogen and oxygen atoms in total. The van der Waals surface area contributed by atoms with E-state index in [4.69, 9.17) is 0 Å². The van der Waals surface area contributed by atoms with Gasteiger partial charge in [0.15, 0.2) is 0 Å². The lowest BCUT2D eigenvalue weighted by Crippen LogP contribution is -2.44. The first-order chi connectivity index (χ1) is 8.70. The van der Waals surface area contributed by atoms with Gasteiger partial charge in [-0.05, 0) is 70.7 Å². The van der Waals surface area contributed by atoms with Crippen molar-refractivity contribution in [2.45, 2.75) is 38.1 Å². The van der Waals surface area contributed by atoms with Crippen molar-refractivity contribution in [2.24, 2.45) is 11.3 Å². The summed E-state index contributed by atoms with van der Waals surface area (Å²) in [6.45, 7) is 4.42. The Morgan fingerprint density at radius 1 is 1.28 bits per heavy atom. The third kappa shape index (κ3) is 2.41. The number of carbonyl (C=O) groups excluding carboxylic acids is 1. The van der Waals surface area contributed by atoms with Gasteiger partial charge in [0, 0.05) is 12.0 Å². The average Bonchev–Trinajstić information content (AvgIpc) is 3.07. The van der Waals surface area contributed by atoms with E-state index in [9.17, 15) is 4.79 Å². The Labute approximate surface area is 109 Å². The van der Waals surface area contributed by atoms with Gasteiger partial charge in [0.2, 0.25) is 5.91 Å². The molecule has 3 rings (SSSR count). The van der Waals surface area contributed by atoms with Crippen LogP contribution in [0.1, 0.15) is 32.1 Å². The number of rotatable bonds is 2. The van der Waals surface area contributed by atoms with Gasteiger partial charge in [-0.2, -0.15) is 0 Å².